The number of aliphatic hydroxyl groups excluding tert-OH is 1. The van der Waals surface area contributed by atoms with E-state index in [1.807, 2.05) is 9.80 Å². The number of piperidine rings is 1. The Morgan fingerprint density at radius 1 is 1.04 bits per heavy atom. The van der Waals surface area contributed by atoms with Crippen LogP contribution in [0.2, 0.25) is 0 Å². The molecule has 0 aliphatic carbocycles. The van der Waals surface area contributed by atoms with Gasteiger partial charge >= 0.3 is 6.03 Å². The van der Waals surface area contributed by atoms with Crippen LogP contribution in [-0.2, 0) is 0 Å². The van der Waals surface area contributed by atoms with E-state index < -0.39 is 0 Å². The summed E-state index contributed by atoms with van der Waals surface area (Å²) in [6, 6.07) is 6.18. The molecule has 6 nitrogen and oxygen atoms in total. The van der Waals surface area contributed by atoms with Crippen LogP contribution >= 0.6 is 0 Å². The quantitative estimate of drug-likeness (QED) is 0.809. The number of aliphatic hydroxyl groups is 1. The first-order chi connectivity index (χ1) is 12.6. The maximum atomic E-state index is 12.8. The van der Waals surface area contributed by atoms with Gasteiger partial charge in [-0.2, -0.15) is 0 Å². The molecule has 1 aromatic carbocycles. The predicted molar refractivity (Wildman–Crippen MR) is 96.7 cm³/mol. The van der Waals surface area contributed by atoms with Gasteiger partial charge in [0, 0.05) is 45.8 Å². The molecule has 2 aliphatic rings. The highest BCUT2D eigenvalue weighted by Gasteiger charge is 2.27. The zero-order valence-corrected chi connectivity index (χ0v) is 15.1. The van der Waals surface area contributed by atoms with Crippen LogP contribution in [0.3, 0.4) is 0 Å². The van der Waals surface area contributed by atoms with Gasteiger partial charge in [-0.1, -0.05) is 0 Å². The molecule has 2 aliphatic heterocycles. The minimum Gasteiger partial charge on any atom is -0.494 e. The maximum absolute atomic E-state index is 12.8. The van der Waals surface area contributed by atoms with E-state index >= 15 is 0 Å². The number of benzene rings is 1. The van der Waals surface area contributed by atoms with E-state index in [1.54, 1.807) is 12.1 Å². The van der Waals surface area contributed by atoms with Crippen molar-refractivity contribution in [2.75, 3.05) is 52.4 Å². The number of amides is 2. The molecule has 1 N–H and O–H groups in total. The molecule has 0 atom stereocenters. The number of carbonyl (C=O) groups is 1. The molecule has 0 aromatic heterocycles. The van der Waals surface area contributed by atoms with Crippen LogP contribution in [0.5, 0.6) is 5.75 Å². The Bertz CT molecular complexity index is 568. The van der Waals surface area contributed by atoms with E-state index in [-0.39, 0.29) is 18.0 Å². The third kappa shape index (κ3) is 5.32. The lowest BCUT2D eigenvalue weighted by Gasteiger charge is -2.39. The van der Waals surface area contributed by atoms with Crippen molar-refractivity contribution in [3.63, 3.8) is 0 Å². The van der Waals surface area contributed by atoms with Gasteiger partial charge in [-0.25, -0.2) is 9.18 Å². The molecular weight excluding hydrogens is 337 g/mol. The second kappa shape index (κ2) is 9.19. The standard InChI is InChI=1S/C19H28FN3O3/c20-16-2-4-18(5-3-16)26-15-1-8-21-11-13-23(14-12-21)19(25)22-9-6-17(24)7-10-22/h2-5,17,24H,1,6-15H2. The molecule has 2 amide bonds. The number of rotatable bonds is 5. The summed E-state index contributed by atoms with van der Waals surface area (Å²) in [6.45, 7) is 6.08. The summed E-state index contributed by atoms with van der Waals surface area (Å²) in [7, 11) is 0. The lowest BCUT2D eigenvalue weighted by molar-refractivity contribution is 0.0703. The van der Waals surface area contributed by atoms with Crippen LogP contribution in [0.1, 0.15) is 19.3 Å². The van der Waals surface area contributed by atoms with Gasteiger partial charge in [0.1, 0.15) is 11.6 Å². The van der Waals surface area contributed by atoms with E-state index in [9.17, 15) is 14.3 Å². The first kappa shape index (κ1) is 18.9. The topological polar surface area (TPSA) is 56.3 Å². The number of likely N-dealkylation sites (tertiary alicyclic amines) is 1. The SMILES string of the molecule is O=C(N1CCC(O)CC1)N1CCN(CCCOc2ccc(F)cc2)CC1. The van der Waals surface area contributed by atoms with Crippen molar-refractivity contribution < 1.29 is 19.0 Å². The minimum absolute atomic E-state index is 0.108. The van der Waals surface area contributed by atoms with Crippen molar-refractivity contribution >= 4 is 6.03 Å². The Balaban J connectivity index is 1.31. The molecule has 2 saturated heterocycles. The lowest BCUT2D eigenvalue weighted by atomic mass is 10.1. The average molecular weight is 365 g/mol. The zero-order chi connectivity index (χ0) is 18.4. The number of hydrogen-bond donors (Lipinski definition) is 1. The smallest absolute Gasteiger partial charge is 0.320 e. The van der Waals surface area contributed by atoms with Crippen LogP contribution in [0.15, 0.2) is 24.3 Å². The molecular formula is C19H28FN3O3. The summed E-state index contributed by atoms with van der Waals surface area (Å²) in [5.41, 5.74) is 0. The van der Waals surface area contributed by atoms with Crippen LogP contribution < -0.4 is 4.74 Å². The number of ether oxygens (including phenoxy) is 1. The van der Waals surface area contributed by atoms with E-state index in [0.29, 0.717) is 38.3 Å². The highest BCUT2D eigenvalue weighted by molar-refractivity contribution is 5.74. The van der Waals surface area contributed by atoms with Gasteiger partial charge in [-0.05, 0) is 43.5 Å². The minimum atomic E-state index is -0.259. The van der Waals surface area contributed by atoms with Gasteiger partial charge in [0.2, 0.25) is 0 Å². The predicted octanol–water partition coefficient (Wildman–Crippen LogP) is 1.79. The number of urea groups is 1. The van der Waals surface area contributed by atoms with Crippen molar-refractivity contribution in [1.29, 1.82) is 0 Å². The summed E-state index contributed by atoms with van der Waals surface area (Å²) in [4.78, 5) is 18.6. The fourth-order valence-electron chi connectivity index (χ4n) is 3.43. The first-order valence-corrected chi connectivity index (χ1v) is 9.44. The number of piperazine rings is 1. The normalized spacial score (nSPS) is 19.6. The molecule has 3 rings (SSSR count). The summed E-state index contributed by atoms with van der Waals surface area (Å²) < 4.78 is 18.5. The van der Waals surface area contributed by atoms with E-state index in [1.165, 1.54) is 12.1 Å². The highest BCUT2D eigenvalue weighted by Crippen LogP contribution is 2.14. The van der Waals surface area contributed by atoms with Crippen molar-refractivity contribution in [3.8, 4) is 5.75 Å². The van der Waals surface area contributed by atoms with Crippen LogP contribution in [-0.4, -0.2) is 84.4 Å². The van der Waals surface area contributed by atoms with Gasteiger partial charge in [0.25, 0.3) is 0 Å². The highest BCUT2D eigenvalue weighted by atomic mass is 19.1. The number of carbonyl (C=O) groups excluding carboxylic acids is 1. The van der Waals surface area contributed by atoms with Crippen LogP contribution in [0.4, 0.5) is 9.18 Å². The molecule has 144 valence electrons. The molecule has 2 heterocycles. The Morgan fingerprint density at radius 3 is 2.31 bits per heavy atom. The Hall–Kier alpha value is -1.86. The summed E-state index contributed by atoms with van der Waals surface area (Å²) in [6.07, 6.45) is 2.00. The molecule has 1 aromatic rings. The maximum Gasteiger partial charge on any atom is 0.320 e. The van der Waals surface area contributed by atoms with Crippen LogP contribution in [0, 0.1) is 5.82 Å². The zero-order valence-electron chi connectivity index (χ0n) is 15.1. The van der Waals surface area contributed by atoms with E-state index in [2.05, 4.69) is 4.90 Å². The number of nitrogens with zero attached hydrogens (tertiary/aromatic N) is 3. The Kier molecular flexibility index (Phi) is 6.68. The fraction of sp³-hybridized carbons (Fsp3) is 0.632. The molecule has 26 heavy (non-hydrogen) atoms. The largest absolute Gasteiger partial charge is 0.494 e. The third-order valence-electron chi connectivity index (χ3n) is 5.08. The van der Waals surface area contributed by atoms with Crippen molar-refractivity contribution in [2.45, 2.75) is 25.4 Å². The van der Waals surface area contributed by atoms with Gasteiger partial charge in [0.05, 0.1) is 12.7 Å². The molecule has 2 fully saturated rings. The molecule has 0 radical (unpaired) electrons. The van der Waals surface area contributed by atoms with Crippen LogP contribution in [0.25, 0.3) is 0 Å². The van der Waals surface area contributed by atoms with Crippen molar-refractivity contribution in [2.24, 2.45) is 0 Å². The molecule has 7 heteroatoms. The Morgan fingerprint density at radius 2 is 1.65 bits per heavy atom. The molecule has 0 saturated carbocycles. The van der Waals surface area contributed by atoms with Crippen molar-refractivity contribution in [1.82, 2.24) is 14.7 Å². The first-order valence-electron chi connectivity index (χ1n) is 9.44. The van der Waals surface area contributed by atoms with Gasteiger partial charge < -0.3 is 19.6 Å². The second-order valence-corrected chi connectivity index (χ2v) is 6.99. The van der Waals surface area contributed by atoms with E-state index in [0.717, 1.165) is 39.1 Å². The summed E-state index contributed by atoms with van der Waals surface area (Å²) in [5, 5.41) is 9.56. The molecule has 0 spiro atoms. The Labute approximate surface area is 154 Å². The van der Waals surface area contributed by atoms with E-state index in [4.69, 9.17) is 4.74 Å². The third-order valence-corrected chi connectivity index (χ3v) is 5.08. The lowest BCUT2D eigenvalue weighted by Crippen LogP contribution is -2.54. The molecule has 0 unspecified atom stereocenters. The van der Waals surface area contributed by atoms with Gasteiger partial charge in [-0.15, -0.1) is 0 Å². The number of hydrogen-bond acceptors (Lipinski definition) is 4. The number of halogens is 1. The average Bonchev–Trinajstić information content (AvgIpc) is 2.67. The fourth-order valence-corrected chi connectivity index (χ4v) is 3.43. The summed E-state index contributed by atoms with van der Waals surface area (Å²) in [5.74, 6) is 0.430. The second-order valence-electron chi connectivity index (χ2n) is 6.99. The molecule has 0 bridgehead atoms. The van der Waals surface area contributed by atoms with Gasteiger partial charge in [0.15, 0.2) is 0 Å². The van der Waals surface area contributed by atoms with Gasteiger partial charge in [-0.3, -0.25) is 4.90 Å². The monoisotopic (exact) mass is 365 g/mol. The van der Waals surface area contributed by atoms with Crippen molar-refractivity contribution in [3.05, 3.63) is 30.1 Å². The summed E-state index contributed by atoms with van der Waals surface area (Å²) >= 11 is 0.